The molecule has 0 saturated carbocycles. The Morgan fingerprint density at radius 3 is 2.81 bits per heavy atom. The summed E-state index contributed by atoms with van der Waals surface area (Å²) < 4.78 is 0. The van der Waals surface area contributed by atoms with Gasteiger partial charge >= 0.3 is 0 Å². The lowest BCUT2D eigenvalue weighted by Crippen LogP contribution is -2.13. The zero-order chi connectivity index (χ0) is 14.7. The van der Waals surface area contributed by atoms with Crippen molar-refractivity contribution < 1.29 is 5.11 Å². The summed E-state index contributed by atoms with van der Waals surface area (Å²) in [5.41, 5.74) is 1.50. The van der Waals surface area contributed by atoms with Gasteiger partial charge in [-0.1, -0.05) is 30.3 Å². The van der Waals surface area contributed by atoms with Crippen LogP contribution in [0.4, 0.5) is 11.8 Å². The summed E-state index contributed by atoms with van der Waals surface area (Å²) in [6.45, 7) is 0.352. The van der Waals surface area contributed by atoms with Crippen LogP contribution < -0.4 is 10.6 Å². The molecule has 0 fully saturated rings. The fourth-order valence-electron chi connectivity index (χ4n) is 2.07. The lowest BCUT2D eigenvalue weighted by Gasteiger charge is -2.13. The van der Waals surface area contributed by atoms with Crippen LogP contribution in [0.5, 0.6) is 0 Å². The monoisotopic (exact) mass is 284 g/mol. The first kappa shape index (κ1) is 13.3. The molecule has 1 atom stereocenters. The minimum Gasteiger partial charge on any atom is -0.387 e. The van der Waals surface area contributed by atoms with Gasteiger partial charge in [-0.05, 0) is 5.56 Å². The quantitative estimate of drug-likeness (QED) is 0.567. The zero-order valence-corrected chi connectivity index (χ0v) is 11.5. The molecule has 0 amide bonds. The molecule has 4 N–H and O–H groups in total. The molecule has 7 nitrogen and oxygen atoms in total. The topological polar surface area (TPSA) is 98.8 Å². The van der Waals surface area contributed by atoms with E-state index in [0.29, 0.717) is 24.0 Å². The molecule has 0 spiro atoms. The van der Waals surface area contributed by atoms with Gasteiger partial charge in [-0.3, -0.25) is 5.10 Å². The molecular weight excluding hydrogens is 268 g/mol. The second kappa shape index (κ2) is 5.76. The largest absolute Gasteiger partial charge is 0.387 e. The van der Waals surface area contributed by atoms with Gasteiger partial charge in [0.25, 0.3) is 0 Å². The molecule has 1 aromatic carbocycles. The van der Waals surface area contributed by atoms with Crippen LogP contribution in [0.2, 0.25) is 0 Å². The van der Waals surface area contributed by atoms with E-state index in [2.05, 4.69) is 30.8 Å². The third kappa shape index (κ3) is 2.77. The average Bonchev–Trinajstić information content (AvgIpc) is 3.01. The molecule has 21 heavy (non-hydrogen) atoms. The Morgan fingerprint density at radius 1 is 1.24 bits per heavy atom. The van der Waals surface area contributed by atoms with Gasteiger partial charge < -0.3 is 15.7 Å². The summed E-state index contributed by atoms with van der Waals surface area (Å²) in [5.74, 6) is 1.12. The Labute approximate surface area is 121 Å². The maximum absolute atomic E-state index is 10.2. The molecule has 0 aliphatic rings. The van der Waals surface area contributed by atoms with Gasteiger partial charge in [0.2, 0.25) is 5.95 Å². The second-order valence-electron chi connectivity index (χ2n) is 4.59. The molecule has 2 heterocycles. The molecule has 1 unspecified atom stereocenters. The Bertz CT molecular complexity index is 727. The highest BCUT2D eigenvalue weighted by Crippen LogP contribution is 2.21. The number of H-pyrrole nitrogens is 1. The maximum atomic E-state index is 10.2. The minimum atomic E-state index is -0.610. The molecule has 3 aromatic rings. The van der Waals surface area contributed by atoms with Gasteiger partial charge in [0.15, 0.2) is 5.65 Å². The van der Waals surface area contributed by atoms with Crippen molar-refractivity contribution in [3.8, 4) is 0 Å². The minimum absolute atomic E-state index is 0.352. The SMILES string of the molecule is CNc1nc(NCC(O)c2ccccc2)c2cn[nH]c2n1. The lowest BCUT2D eigenvalue weighted by molar-refractivity contribution is 0.191. The van der Waals surface area contributed by atoms with Gasteiger partial charge in [0, 0.05) is 13.6 Å². The number of fused-ring (bicyclic) bond motifs is 1. The number of anilines is 2. The predicted molar refractivity (Wildman–Crippen MR) is 81.1 cm³/mol. The molecule has 0 radical (unpaired) electrons. The van der Waals surface area contributed by atoms with E-state index in [-0.39, 0.29) is 0 Å². The van der Waals surface area contributed by atoms with Crippen molar-refractivity contribution in [2.45, 2.75) is 6.10 Å². The highest BCUT2D eigenvalue weighted by Gasteiger charge is 2.11. The van der Waals surface area contributed by atoms with Gasteiger partial charge in [-0.2, -0.15) is 15.1 Å². The highest BCUT2D eigenvalue weighted by atomic mass is 16.3. The van der Waals surface area contributed by atoms with Gasteiger partial charge in [0.05, 0.1) is 17.7 Å². The van der Waals surface area contributed by atoms with Crippen molar-refractivity contribution >= 4 is 22.8 Å². The van der Waals surface area contributed by atoms with Gasteiger partial charge in [0.1, 0.15) is 5.82 Å². The molecule has 0 saturated heterocycles. The number of aromatic nitrogens is 4. The second-order valence-corrected chi connectivity index (χ2v) is 4.59. The van der Waals surface area contributed by atoms with Crippen LogP contribution in [0.25, 0.3) is 11.0 Å². The van der Waals surface area contributed by atoms with Crippen LogP contribution >= 0.6 is 0 Å². The van der Waals surface area contributed by atoms with E-state index in [1.54, 1.807) is 13.2 Å². The number of aliphatic hydroxyl groups excluding tert-OH is 1. The van der Waals surface area contributed by atoms with Crippen molar-refractivity contribution in [3.63, 3.8) is 0 Å². The molecule has 3 rings (SSSR count). The Morgan fingerprint density at radius 2 is 2.05 bits per heavy atom. The predicted octanol–water partition coefficient (Wildman–Crippen LogP) is 1.54. The summed E-state index contributed by atoms with van der Waals surface area (Å²) >= 11 is 0. The summed E-state index contributed by atoms with van der Waals surface area (Å²) in [6.07, 6.45) is 1.05. The number of hydrogen-bond acceptors (Lipinski definition) is 6. The Kier molecular flexibility index (Phi) is 3.65. The molecule has 0 aliphatic heterocycles. The molecular formula is C14H16N6O. The van der Waals surface area contributed by atoms with Crippen LogP contribution in [0.15, 0.2) is 36.5 Å². The van der Waals surface area contributed by atoms with Gasteiger partial charge in [-0.25, -0.2) is 0 Å². The third-order valence-corrected chi connectivity index (χ3v) is 3.18. The van der Waals surface area contributed by atoms with E-state index < -0.39 is 6.10 Å². The number of aliphatic hydroxyl groups is 1. The fourth-order valence-corrected chi connectivity index (χ4v) is 2.07. The van der Waals surface area contributed by atoms with E-state index in [4.69, 9.17) is 0 Å². The number of benzene rings is 1. The summed E-state index contributed by atoms with van der Waals surface area (Å²) in [4.78, 5) is 8.61. The van der Waals surface area contributed by atoms with Crippen molar-refractivity contribution in [1.29, 1.82) is 0 Å². The fraction of sp³-hybridized carbons (Fsp3) is 0.214. The number of nitrogens with one attached hydrogen (secondary N) is 3. The van der Waals surface area contributed by atoms with Crippen LogP contribution in [-0.2, 0) is 0 Å². The highest BCUT2D eigenvalue weighted by molar-refractivity contribution is 5.86. The molecule has 2 aromatic heterocycles. The van der Waals surface area contributed by atoms with Crippen LogP contribution in [0, 0.1) is 0 Å². The van der Waals surface area contributed by atoms with Crippen LogP contribution in [0.3, 0.4) is 0 Å². The van der Waals surface area contributed by atoms with E-state index in [1.807, 2.05) is 30.3 Å². The third-order valence-electron chi connectivity index (χ3n) is 3.18. The maximum Gasteiger partial charge on any atom is 0.226 e. The first-order valence-electron chi connectivity index (χ1n) is 6.63. The zero-order valence-electron chi connectivity index (χ0n) is 11.5. The van der Waals surface area contributed by atoms with Crippen LogP contribution in [0.1, 0.15) is 11.7 Å². The molecule has 108 valence electrons. The van der Waals surface area contributed by atoms with E-state index in [1.165, 1.54) is 0 Å². The lowest BCUT2D eigenvalue weighted by atomic mass is 10.1. The smallest absolute Gasteiger partial charge is 0.226 e. The summed E-state index contributed by atoms with van der Waals surface area (Å²) in [5, 5.41) is 23.8. The average molecular weight is 284 g/mol. The van der Waals surface area contributed by atoms with Crippen molar-refractivity contribution in [2.75, 3.05) is 24.2 Å². The molecule has 0 aliphatic carbocycles. The van der Waals surface area contributed by atoms with Gasteiger partial charge in [-0.15, -0.1) is 0 Å². The van der Waals surface area contributed by atoms with E-state index in [9.17, 15) is 5.11 Å². The number of aromatic amines is 1. The van der Waals surface area contributed by atoms with Crippen LogP contribution in [-0.4, -0.2) is 38.9 Å². The normalized spacial score (nSPS) is 12.3. The van der Waals surface area contributed by atoms with E-state index >= 15 is 0 Å². The first-order chi connectivity index (χ1) is 10.3. The number of nitrogens with zero attached hydrogens (tertiary/aromatic N) is 3. The Balaban J connectivity index is 1.80. The number of hydrogen-bond donors (Lipinski definition) is 4. The molecule has 0 bridgehead atoms. The summed E-state index contributed by atoms with van der Waals surface area (Å²) in [7, 11) is 1.75. The standard InChI is InChI=1S/C14H16N6O/c1-15-14-18-12(10-7-17-20-13(10)19-14)16-8-11(21)9-5-3-2-4-6-9/h2-7,11,21H,8H2,1H3,(H3,15,16,17,18,19,20). The van der Waals surface area contributed by atoms with Crippen molar-refractivity contribution in [1.82, 2.24) is 20.2 Å². The van der Waals surface area contributed by atoms with E-state index in [0.717, 1.165) is 10.9 Å². The molecule has 7 heteroatoms. The summed E-state index contributed by atoms with van der Waals surface area (Å²) in [6, 6.07) is 9.49. The van der Waals surface area contributed by atoms with Crippen molar-refractivity contribution in [3.05, 3.63) is 42.1 Å². The first-order valence-corrected chi connectivity index (χ1v) is 6.63. The Hall–Kier alpha value is -2.67. The number of rotatable bonds is 5. The van der Waals surface area contributed by atoms with Crippen molar-refractivity contribution in [2.24, 2.45) is 0 Å².